The summed E-state index contributed by atoms with van der Waals surface area (Å²) in [6.07, 6.45) is 0. The third-order valence-corrected chi connectivity index (χ3v) is 3.14. The number of carbonyl (C=O) groups is 1. The summed E-state index contributed by atoms with van der Waals surface area (Å²) in [5.74, 6) is -0.562. The third-order valence-electron chi connectivity index (χ3n) is 2.24. The first-order valence-electron chi connectivity index (χ1n) is 4.68. The fourth-order valence-corrected chi connectivity index (χ4v) is 2.30. The lowest BCUT2D eigenvalue weighted by Crippen LogP contribution is -2.01. The lowest BCUT2D eigenvalue weighted by atomic mass is 10.1. The molecule has 0 amide bonds. The Hall–Kier alpha value is -1.81. The average Bonchev–Trinajstić information content (AvgIpc) is 2.81. The first-order valence-corrected chi connectivity index (χ1v) is 5.56. The molecule has 0 radical (unpaired) electrons. The number of rotatable bonds is 3. The highest BCUT2D eigenvalue weighted by Gasteiger charge is 2.15. The molecule has 1 aromatic heterocycles. The molecule has 1 aromatic carbocycles. The van der Waals surface area contributed by atoms with E-state index in [9.17, 15) is 4.79 Å². The SMILES string of the molecule is COc1c(C(=O)O)cccc1-c1cccs1. The molecule has 0 unspecified atom stereocenters. The normalized spacial score (nSPS) is 10.1. The molecule has 0 aliphatic carbocycles. The second-order valence-corrected chi connectivity index (χ2v) is 4.12. The van der Waals surface area contributed by atoms with Gasteiger partial charge in [0.05, 0.1) is 7.11 Å². The van der Waals surface area contributed by atoms with Crippen molar-refractivity contribution in [2.45, 2.75) is 0 Å². The molecule has 1 heterocycles. The van der Waals surface area contributed by atoms with Gasteiger partial charge in [0.15, 0.2) is 0 Å². The molecule has 16 heavy (non-hydrogen) atoms. The summed E-state index contributed by atoms with van der Waals surface area (Å²) < 4.78 is 5.19. The van der Waals surface area contributed by atoms with Gasteiger partial charge in [-0.1, -0.05) is 12.1 Å². The zero-order chi connectivity index (χ0) is 11.5. The van der Waals surface area contributed by atoms with Crippen LogP contribution in [0.25, 0.3) is 10.4 Å². The van der Waals surface area contributed by atoms with Gasteiger partial charge in [-0.3, -0.25) is 0 Å². The lowest BCUT2D eigenvalue weighted by molar-refractivity contribution is 0.0693. The summed E-state index contributed by atoms with van der Waals surface area (Å²) in [6.45, 7) is 0. The topological polar surface area (TPSA) is 46.5 Å². The van der Waals surface area contributed by atoms with E-state index >= 15 is 0 Å². The number of methoxy groups -OCH3 is 1. The standard InChI is InChI=1S/C12H10O3S/c1-15-11-8(10-6-3-7-16-10)4-2-5-9(11)12(13)14/h2-7H,1H3,(H,13,14). The molecule has 4 heteroatoms. The van der Waals surface area contributed by atoms with E-state index in [-0.39, 0.29) is 5.56 Å². The Bertz CT molecular complexity index is 503. The van der Waals surface area contributed by atoms with Crippen LogP contribution >= 0.6 is 11.3 Å². The predicted octanol–water partition coefficient (Wildman–Crippen LogP) is 3.12. The highest BCUT2D eigenvalue weighted by atomic mass is 32.1. The molecule has 82 valence electrons. The second-order valence-electron chi connectivity index (χ2n) is 3.17. The van der Waals surface area contributed by atoms with Crippen molar-refractivity contribution in [2.75, 3.05) is 7.11 Å². The van der Waals surface area contributed by atoms with Crippen molar-refractivity contribution >= 4 is 17.3 Å². The molecule has 0 atom stereocenters. The first-order chi connectivity index (χ1) is 7.74. The van der Waals surface area contributed by atoms with Crippen molar-refractivity contribution in [3.05, 3.63) is 41.3 Å². The quantitative estimate of drug-likeness (QED) is 0.887. The summed E-state index contributed by atoms with van der Waals surface area (Å²) >= 11 is 1.55. The molecule has 2 aromatic rings. The van der Waals surface area contributed by atoms with Gasteiger partial charge in [-0.2, -0.15) is 0 Å². The number of aromatic carboxylic acids is 1. The molecule has 3 nitrogen and oxygen atoms in total. The van der Waals surface area contributed by atoms with E-state index < -0.39 is 5.97 Å². The largest absolute Gasteiger partial charge is 0.495 e. The molecule has 0 saturated heterocycles. The molecule has 0 bridgehead atoms. The molecule has 0 spiro atoms. The summed E-state index contributed by atoms with van der Waals surface area (Å²) in [5, 5.41) is 11.0. The minimum Gasteiger partial charge on any atom is -0.495 e. The van der Waals surface area contributed by atoms with Crippen LogP contribution in [0.1, 0.15) is 10.4 Å². The number of ether oxygens (including phenoxy) is 1. The van der Waals surface area contributed by atoms with Gasteiger partial charge in [-0.05, 0) is 23.6 Å². The van der Waals surface area contributed by atoms with Crippen LogP contribution in [0.5, 0.6) is 5.75 Å². The number of para-hydroxylation sites is 1. The van der Waals surface area contributed by atoms with E-state index in [1.165, 1.54) is 13.2 Å². The Balaban J connectivity index is 2.62. The number of hydrogen-bond acceptors (Lipinski definition) is 3. The molecule has 0 saturated carbocycles. The van der Waals surface area contributed by atoms with Crippen LogP contribution < -0.4 is 4.74 Å². The van der Waals surface area contributed by atoms with Gasteiger partial charge in [-0.15, -0.1) is 11.3 Å². The van der Waals surface area contributed by atoms with Crippen molar-refractivity contribution in [2.24, 2.45) is 0 Å². The van der Waals surface area contributed by atoms with Crippen LogP contribution in [0, 0.1) is 0 Å². The molecular formula is C12H10O3S. The van der Waals surface area contributed by atoms with Crippen molar-refractivity contribution < 1.29 is 14.6 Å². The lowest BCUT2D eigenvalue weighted by Gasteiger charge is -2.09. The number of benzene rings is 1. The molecule has 0 aliphatic heterocycles. The fraction of sp³-hybridized carbons (Fsp3) is 0.0833. The Kier molecular flexibility index (Phi) is 2.92. The maximum absolute atomic E-state index is 11.0. The number of carboxylic acids is 1. The van der Waals surface area contributed by atoms with Crippen LogP contribution in [0.3, 0.4) is 0 Å². The van der Waals surface area contributed by atoms with Crippen molar-refractivity contribution in [1.82, 2.24) is 0 Å². The van der Waals surface area contributed by atoms with Crippen LogP contribution in [0.2, 0.25) is 0 Å². The monoisotopic (exact) mass is 234 g/mol. The van der Waals surface area contributed by atoms with Gasteiger partial charge in [0, 0.05) is 10.4 Å². The summed E-state index contributed by atoms with van der Waals surface area (Å²) in [6, 6.07) is 8.98. The van der Waals surface area contributed by atoms with E-state index in [1.807, 2.05) is 23.6 Å². The predicted molar refractivity (Wildman–Crippen MR) is 63.3 cm³/mol. The highest BCUT2D eigenvalue weighted by molar-refractivity contribution is 7.13. The van der Waals surface area contributed by atoms with Gasteiger partial charge < -0.3 is 9.84 Å². The Morgan fingerprint density at radius 2 is 2.12 bits per heavy atom. The number of hydrogen-bond donors (Lipinski definition) is 1. The molecule has 0 fully saturated rings. The van der Waals surface area contributed by atoms with E-state index in [0.29, 0.717) is 5.75 Å². The maximum atomic E-state index is 11.0. The third kappa shape index (κ3) is 1.79. The van der Waals surface area contributed by atoms with Gasteiger partial charge in [-0.25, -0.2) is 4.79 Å². The summed E-state index contributed by atoms with van der Waals surface area (Å²) in [5.41, 5.74) is 1.01. The van der Waals surface area contributed by atoms with Gasteiger partial charge in [0.25, 0.3) is 0 Å². The molecular weight excluding hydrogens is 224 g/mol. The van der Waals surface area contributed by atoms with E-state index in [0.717, 1.165) is 10.4 Å². The zero-order valence-corrected chi connectivity index (χ0v) is 9.45. The highest BCUT2D eigenvalue weighted by Crippen LogP contribution is 2.35. The fourth-order valence-electron chi connectivity index (χ4n) is 1.55. The van der Waals surface area contributed by atoms with E-state index in [1.54, 1.807) is 17.4 Å². The van der Waals surface area contributed by atoms with Crippen molar-refractivity contribution in [3.8, 4) is 16.2 Å². The van der Waals surface area contributed by atoms with E-state index in [2.05, 4.69) is 0 Å². The minimum absolute atomic E-state index is 0.188. The van der Waals surface area contributed by atoms with Crippen molar-refractivity contribution in [3.63, 3.8) is 0 Å². The van der Waals surface area contributed by atoms with Crippen LogP contribution in [-0.2, 0) is 0 Å². The Morgan fingerprint density at radius 3 is 2.69 bits per heavy atom. The van der Waals surface area contributed by atoms with Gasteiger partial charge >= 0.3 is 5.97 Å². The van der Waals surface area contributed by atoms with Gasteiger partial charge in [0.1, 0.15) is 11.3 Å². The maximum Gasteiger partial charge on any atom is 0.339 e. The Morgan fingerprint density at radius 1 is 1.31 bits per heavy atom. The molecule has 1 N–H and O–H groups in total. The van der Waals surface area contributed by atoms with E-state index in [4.69, 9.17) is 9.84 Å². The van der Waals surface area contributed by atoms with Crippen LogP contribution in [0.15, 0.2) is 35.7 Å². The smallest absolute Gasteiger partial charge is 0.339 e. The minimum atomic E-state index is -0.977. The van der Waals surface area contributed by atoms with Crippen LogP contribution in [0.4, 0.5) is 0 Å². The Labute approximate surface area is 96.9 Å². The summed E-state index contributed by atoms with van der Waals surface area (Å²) in [4.78, 5) is 12.0. The van der Waals surface area contributed by atoms with Crippen molar-refractivity contribution in [1.29, 1.82) is 0 Å². The molecule has 0 aliphatic rings. The number of thiophene rings is 1. The summed E-state index contributed by atoms with van der Waals surface area (Å²) in [7, 11) is 1.48. The zero-order valence-electron chi connectivity index (χ0n) is 8.64. The first kappa shape index (κ1) is 10.7. The second kappa shape index (κ2) is 4.37. The van der Waals surface area contributed by atoms with Gasteiger partial charge in [0.2, 0.25) is 0 Å². The average molecular weight is 234 g/mol. The van der Waals surface area contributed by atoms with Crippen LogP contribution in [-0.4, -0.2) is 18.2 Å². The molecule has 2 rings (SSSR count). The number of carboxylic acid groups (broad SMARTS) is 1.